The lowest BCUT2D eigenvalue weighted by Gasteiger charge is -2.24. The molecule has 2 aliphatic rings. The van der Waals surface area contributed by atoms with Gasteiger partial charge in [-0.3, -0.25) is 14.5 Å². The number of rotatable bonds is 9. The first-order valence-corrected chi connectivity index (χ1v) is 15.8. The van der Waals surface area contributed by atoms with Crippen LogP contribution >= 0.6 is 11.8 Å². The number of benzene rings is 3. The van der Waals surface area contributed by atoms with E-state index in [2.05, 4.69) is 5.32 Å². The molecule has 0 saturated carbocycles. The van der Waals surface area contributed by atoms with Crippen LogP contribution in [0.25, 0.3) is 16.9 Å². The minimum absolute atomic E-state index is 0.00195. The molecule has 44 heavy (non-hydrogen) atoms. The Kier molecular flexibility index (Phi) is 8.90. The summed E-state index contributed by atoms with van der Waals surface area (Å²) < 4.78 is 18.7. The van der Waals surface area contributed by atoms with E-state index in [1.54, 1.807) is 19.1 Å². The molecule has 2 atom stereocenters. The Balaban J connectivity index is 1.52. The fourth-order valence-corrected chi connectivity index (χ4v) is 6.89. The summed E-state index contributed by atoms with van der Waals surface area (Å²) in [6.07, 6.45) is 1.90. The van der Waals surface area contributed by atoms with Crippen molar-refractivity contribution in [3.05, 3.63) is 89.5 Å². The first-order chi connectivity index (χ1) is 21.5. The average molecular weight is 613 g/mol. The number of thioether (sulfide) groups is 1. The molecule has 3 aromatic carbocycles. The van der Waals surface area contributed by atoms with E-state index in [-0.39, 0.29) is 35.5 Å². The summed E-state index contributed by atoms with van der Waals surface area (Å²) in [7, 11) is 3.22. The highest BCUT2D eigenvalue weighted by molar-refractivity contribution is 8.00. The molecule has 0 aliphatic carbocycles. The van der Waals surface area contributed by atoms with Crippen LogP contribution in [0, 0.1) is 6.92 Å². The largest absolute Gasteiger partial charge is 0.493 e. The molecule has 0 radical (unpaired) electrons. The SMILES string of the molecule is COc1ccc([C@H]2SCC(=O)N(CC(=O)NC[C@H]3CCCO3)c3c2c(-c2ccccc2)nn3-c2ccc(C)cc2)cc1OC. The van der Waals surface area contributed by atoms with Crippen molar-refractivity contribution in [3.8, 4) is 28.4 Å². The Hall–Kier alpha value is -4.28. The van der Waals surface area contributed by atoms with Crippen LogP contribution in [0.2, 0.25) is 0 Å². The molecule has 2 aliphatic heterocycles. The van der Waals surface area contributed by atoms with Gasteiger partial charge in [-0.15, -0.1) is 11.8 Å². The summed E-state index contributed by atoms with van der Waals surface area (Å²) in [4.78, 5) is 28.9. The van der Waals surface area contributed by atoms with E-state index in [1.807, 2.05) is 84.4 Å². The molecule has 0 unspecified atom stereocenters. The molecule has 10 heteroatoms. The highest BCUT2D eigenvalue weighted by Crippen LogP contribution is 2.49. The van der Waals surface area contributed by atoms with Crippen LogP contribution in [0.4, 0.5) is 5.82 Å². The number of nitrogens with one attached hydrogen (secondary N) is 1. The smallest absolute Gasteiger partial charge is 0.240 e. The van der Waals surface area contributed by atoms with E-state index in [0.717, 1.165) is 46.5 Å². The monoisotopic (exact) mass is 612 g/mol. The molecule has 1 aromatic heterocycles. The minimum atomic E-state index is -0.289. The number of hydrogen-bond acceptors (Lipinski definition) is 7. The molecule has 1 N–H and O–H groups in total. The van der Waals surface area contributed by atoms with Gasteiger partial charge in [-0.25, -0.2) is 4.68 Å². The molecular formula is C34H36N4O5S. The van der Waals surface area contributed by atoms with Crippen molar-refractivity contribution < 1.29 is 23.8 Å². The second-order valence-corrected chi connectivity index (χ2v) is 12.0. The Morgan fingerprint density at radius 3 is 2.52 bits per heavy atom. The topological polar surface area (TPSA) is 94.9 Å². The molecule has 9 nitrogen and oxygen atoms in total. The van der Waals surface area contributed by atoms with Gasteiger partial charge >= 0.3 is 0 Å². The fraction of sp³-hybridized carbons (Fsp3) is 0.324. The van der Waals surface area contributed by atoms with Crippen molar-refractivity contribution in [1.29, 1.82) is 0 Å². The van der Waals surface area contributed by atoms with E-state index >= 15 is 0 Å². The number of anilines is 1. The summed E-state index contributed by atoms with van der Waals surface area (Å²) in [5.74, 6) is 1.56. The minimum Gasteiger partial charge on any atom is -0.493 e. The Labute approximate surface area is 261 Å². The number of ether oxygens (including phenoxy) is 3. The van der Waals surface area contributed by atoms with Crippen LogP contribution in [0.15, 0.2) is 72.8 Å². The number of methoxy groups -OCH3 is 2. The molecule has 4 aromatic rings. The molecule has 2 amide bonds. The van der Waals surface area contributed by atoms with Crippen molar-refractivity contribution in [2.75, 3.05) is 44.6 Å². The van der Waals surface area contributed by atoms with Crippen LogP contribution < -0.4 is 19.7 Å². The maximum absolute atomic E-state index is 14.0. The summed E-state index contributed by atoms with van der Waals surface area (Å²) >= 11 is 1.51. The zero-order valence-electron chi connectivity index (χ0n) is 25.1. The van der Waals surface area contributed by atoms with E-state index < -0.39 is 0 Å². The zero-order chi connectivity index (χ0) is 30.6. The highest BCUT2D eigenvalue weighted by atomic mass is 32.2. The molecule has 6 rings (SSSR count). The quantitative estimate of drug-likeness (QED) is 0.273. The summed E-state index contributed by atoms with van der Waals surface area (Å²) in [5.41, 5.74) is 5.35. The predicted molar refractivity (Wildman–Crippen MR) is 172 cm³/mol. The third kappa shape index (κ3) is 6.05. The van der Waals surface area contributed by atoms with Crippen LogP contribution in [-0.2, 0) is 14.3 Å². The average Bonchev–Trinajstić information content (AvgIpc) is 3.69. The van der Waals surface area contributed by atoms with Crippen molar-refractivity contribution in [1.82, 2.24) is 15.1 Å². The van der Waals surface area contributed by atoms with Gasteiger partial charge in [0, 0.05) is 24.3 Å². The van der Waals surface area contributed by atoms with E-state index in [4.69, 9.17) is 19.3 Å². The van der Waals surface area contributed by atoms with Gasteiger partial charge in [-0.05, 0) is 49.6 Å². The van der Waals surface area contributed by atoms with Crippen molar-refractivity contribution >= 4 is 29.4 Å². The molecular weight excluding hydrogens is 576 g/mol. The van der Waals surface area contributed by atoms with Crippen molar-refractivity contribution in [3.63, 3.8) is 0 Å². The number of carbonyl (C=O) groups is 2. The van der Waals surface area contributed by atoms with Gasteiger partial charge in [-0.1, -0.05) is 54.1 Å². The van der Waals surface area contributed by atoms with Gasteiger partial charge in [0.2, 0.25) is 11.8 Å². The predicted octanol–water partition coefficient (Wildman–Crippen LogP) is 5.33. The van der Waals surface area contributed by atoms with Gasteiger partial charge < -0.3 is 19.5 Å². The number of aryl methyl sites for hydroxylation is 1. The Bertz CT molecular complexity index is 1630. The lowest BCUT2D eigenvalue weighted by molar-refractivity contribution is -0.123. The highest BCUT2D eigenvalue weighted by Gasteiger charge is 2.38. The maximum Gasteiger partial charge on any atom is 0.240 e. The number of amides is 2. The fourth-order valence-electron chi connectivity index (χ4n) is 5.71. The van der Waals surface area contributed by atoms with E-state index in [9.17, 15) is 9.59 Å². The lowest BCUT2D eigenvalue weighted by atomic mass is 9.99. The van der Waals surface area contributed by atoms with Gasteiger partial charge in [0.05, 0.1) is 42.7 Å². The maximum atomic E-state index is 14.0. The molecule has 1 fully saturated rings. The third-order valence-corrected chi connectivity index (χ3v) is 9.23. The van der Waals surface area contributed by atoms with E-state index in [1.165, 1.54) is 11.8 Å². The first kappa shape index (κ1) is 29.8. The second kappa shape index (κ2) is 13.2. The number of nitrogens with zero attached hydrogens (tertiary/aromatic N) is 3. The van der Waals surface area contributed by atoms with Gasteiger partial charge in [0.15, 0.2) is 11.5 Å². The number of fused-ring (bicyclic) bond motifs is 1. The van der Waals surface area contributed by atoms with Crippen LogP contribution in [0.1, 0.15) is 34.8 Å². The molecule has 0 bridgehead atoms. The number of hydrogen-bond donors (Lipinski definition) is 1. The van der Waals surface area contributed by atoms with Gasteiger partial charge in [0.25, 0.3) is 0 Å². The summed E-state index contributed by atoms with van der Waals surface area (Å²) in [6, 6.07) is 23.8. The molecule has 228 valence electrons. The standard InChI is InChI=1S/C34H36N4O5S/c1-22-11-14-25(15-12-22)38-34-31(32(36-38)23-8-5-4-6-9-23)33(24-13-16-27(41-2)28(18-24)42-3)44-21-30(40)37(34)20-29(39)35-19-26-10-7-17-43-26/h4-6,8-9,11-16,18,26,33H,7,10,17,19-21H2,1-3H3,(H,35,39)/t26-,33-/m1/s1. The summed E-state index contributed by atoms with van der Waals surface area (Å²) in [5, 5.41) is 7.86. The van der Waals surface area contributed by atoms with Crippen LogP contribution in [0.5, 0.6) is 11.5 Å². The lowest BCUT2D eigenvalue weighted by Crippen LogP contribution is -2.44. The zero-order valence-corrected chi connectivity index (χ0v) is 25.9. The molecule has 3 heterocycles. The second-order valence-electron chi connectivity index (χ2n) is 10.9. The first-order valence-electron chi connectivity index (χ1n) is 14.7. The number of carbonyl (C=O) groups excluding carboxylic acids is 2. The van der Waals surface area contributed by atoms with Gasteiger partial charge in [-0.2, -0.15) is 5.10 Å². The summed E-state index contributed by atoms with van der Waals surface area (Å²) in [6.45, 7) is 3.02. The van der Waals surface area contributed by atoms with Gasteiger partial charge in [0.1, 0.15) is 12.4 Å². The van der Waals surface area contributed by atoms with Crippen LogP contribution in [0.3, 0.4) is 0 Å². The van der Waals surface area contributed by atoms with Crippen molar-refractivity contribution in [2.24, 2.45) is 0 Å². The number of aromatic nitrogens is 2. The molecule has 0 spiro atoms. The van der Waals surface area contributed by atoms with E-state index in [0.29, 0.717) is 30.5 Å². The normalized spacial score (nSPS) is 18.1. The molecule has 1 saturated heterocycles. The van der Waals surface area contributed by atoms with Crippen LogP contribution in [-0.4, -0.2) is 67.4 Å². The van der Waals surface area contributed by atoms with Crippen molar-refractivity contribution in [2.45, 2.75) is 31.1 Å². The third-order valence-electron chi connectivity index (χ3n) is 7.98. The Morgan fingerprint density at radius 1 is 1.05 bits per heavy atom. The Morgan fingerprint density at radius 2 is 1.82 bits per heavy atom.